The molecule has 0 aromatic rings. The molecule has 0 saturated heterocycles. The zero-order valence-electron chi connectivity index (χ0n) is 11.1. The van der Waals surface area contributed by atoms with Gasteiger partial charge in [-0.1, -0.05) is 13.8 Å². The van der Waals surface area contributed by atoms with E-state index in [2.05, 4.69) is 0 Å². The molecule has 0 heterocycles. The predicted molar refractivity (Wildman–Crippen MR) is 67.5 cm³/mol. The summed E-state index contributed by atoms with van der Waals surface area (Å²) >= 11 is 0. The lowest BCUT2D eigenvalue weighted by Crippen LogP contribution is -2.31. The molecule has 0 unspecified atom stereocenters. The molecular weight excluding hydrogens is 256 g/mol. The second-order valence-corrected chi connectivity index (χ2v) is 4.45. The van der Waals surface area contributed by atoms with Crippen molar-refractivity contribution in [3.63, 3.8) is 0 Å². The maximum Gasteiger partial charge on any atom is 0.320 e. The van der Waals surface area contributed by atoms with Crippen molar-refractivity contribution in [3.8, 4) is 0 Å². The molecule has 0 aromatic heterocycles. The fourth-order valence-electron chi connectivity index (χ4n) is 1.01. The minimum absolute atomic E-state index is 0.0231. The van der Waals surface area contributed by atoms with Crippen LogP contribution >= 0.6 is 0 Å². The highest BCUT2D eigenvalue weighted by Crippen LogP contribution is 2.01. The number of carboxylic acid groups (broad SMARTS) is 3. The monoisotopic (exact) mass is 278 g/mol. The Bertz CT molecular complexity index is 306. The summed E-state index contributed by atoms with van der Waals surface area (Å²) in [6, 6.07) is -1.75. The number of hydrogen-bond donors (Lipinski definition) is 5. The molecule has 8 heteroatoms. The highest BCUT2D eigenvalue weighted by molar-refractivity contribution is 5.74. The Morgan fingerprint density at radius 3 is 1.58 bits per heavy atom. The Morgan fingerprint density at radius 2 is 1.37 bits per heavy atom. The third-order valence-corrected chi connectivity index (χ3v) is 2.03. The van der Waals surface area contributed by atoms with Gasteiger partial charge in [0, 0.05) is 6.42 Å². The van der Waals surface area contributed by atoms with E-state index < -0.39 is 30.0 Å². The van der Waals surface area contributed by atoms with Gasteiger partial charge in [-0.2, -0.15) is 0 Å². The Balaban J connectivity index is 0. The van der Waals surface area contributed by atoms with Gasteiger partial charge < -0.3 is 26.8 Å². The first-order chi connectivity index (χ1) is 8.57. The number of hydrogen-bond acceptors (Lipinski definition) is 5. The smallest absolute Gasteiger partial charge is 0.320 e. The molecule has 8 nitrogen and oxygen atoms in total. The van der Waals surface area contributed by atoms with E-state index in [1.54, 1.807) is 0 Å². The number of carboxylic acids is 3. The predicted octanol–water partition coefficient (Wildman–Crippen LogP) is -0.292. The van der Waals surface area contributed by atoms with E-state index in [0.717, 1.165) is 0 Å². The molecule has 0 aliphatic heterocycles. The van der Waals surface area contributed by atoms with Crippen LogP contribution in [0, 0.1) is 5.92 Å². The van der Waals surface area contributed by atoms with Crippen molar-refractivity contribution in [3.05, 3.63) is 0 Å². The Labute approximate surface area is 111 Å². The molecule has 0 aromatic carbocycles. The van der Waals surface area contributed by atoms with Crippen LogP contribution in [0.2, 0.25) is 0 Å². The van der Waals surface area contributed by atoms with Crippen LogP contribution in [0.15, 0.2) is 0 Å². The SMILES string of the molecule is CC(C)C[C@H](N)C(=O)O.N[C@@H](CCC(=O)O)C(=O)O. The van der Waals surface area contributed by atoms with Crippen molar-refractivity contribution in [2.24, 2.45) is 17.4 Å². The van der Waals surface area contributed by atoms with Crippen molar-refractivity contribution < 1.29 is 29.7 Å². The van der Waals surface area contributed by atoms with Gasteiger partial charge in [0.2, 0.25) is 0 Å². The summed E-state index contributed by atoms with van der Waals surface area (Å²) in [5.41, 5.74) is 10.2. The standard InChI is InChI=1S/C6H13NO2.C5H9NO4/c1-4(2)3-5(7)6(8)9;6-3(5(9)10)1-2-4(7)8/h4-5H,3,7H2,1-2H3,(H,8,9);3H,1-2,6H2,(H,7,8)(H,9,10)/t5-;3-/m00/s1. The third-order valence-electron chi connectivity index (χ3n) is 2.03. The van der Waals surface area contributed by atoms with E-state index in [-0.39, 0.29) is 12.8 Å². The normalized spacial score (nSPS) is 13.1. The van der Waals surface area contributed by atoms with Gasteiger partial charge in [0.15, 0.2) is 0 Å². The lowest BCUT2D eigenvalue weighted by molar-refractivity contribution is -0.140. The van der Waals surface area contributed by atoms with E-state index in [4.69, 9.17) is 26.8 Å². The molecule has 0 saturated carbocycles. The lowest BCUT2D eigenvalue weighted by atomic mass is 10.1. The average Bonchev–Trinajstić information content (AvgIpc) is 2.25. The molecule has 0 spiro atoms. The number of rotatable bonds is 7. The molecule has 0 aliphatic rings. The first-order valence-corrected chi connectivity index (χ1v) is 5.76. The molecule has 0 aliphatic carbocycles. The van der Waals surface area contributed by atoms with Gasteiger partial charge in [0.1, 0.15) is 12.1 Å². The second-order valence-electron chi connectivity index (χ2n) is 4.45. The van der Waals surface area contributed by atoms with E-state index in [1.165, 1.54) is 0 Å². The molecular formula is C11H22N2O6. The maximum atomic E-state index is 10.1. The van der Waals surface area contributed by atoms with Crippen molar-refractivity contribution >= 4 is 17.9 Å². The molecule has 112 valence electrons. The fourth-order valence-corrected chi connectivity index (χ4v) is 1.01. The molecule has 7 N–H and O–H groups in total. The van der Waals surface area contributed by atoms with Crippen molar-refractivity contribution in [1.82, 2.24) is 0 Å². The minimum atomic E-state index is -1.17. The topological polar surface area (TPSA) is 164 Å². The second kappa shape index (κ2) is 10.3. The van der Waals surface area contributed by atoms with Crippen LogP contribution in [-0.4, -0.2) is 45.3 Å². The van der Waals surface area contributed by atoms with Gasteiger partial charge >= 0.3 is 17.9 Å². The van der Waals surface area contributed by atoms with Gasteiger partial charge in [-0.3, -0.25) is 14.4 Å². The number of carbonyl (C=O) groups is 3. The molecule has 0 fully saturated rings. The van der Waals surface area contributed by atoms with Crippen LogP contribution in [-0.2, 0) is 14.4 Å². The summed E-state index contributed by atoms with van der Waals surface area (Å²) in [7, 11) is 0. The van der Waals surface area contributed by atoms with Gasteiger partial charge in [0.05, 0.1) is 0 Å². The summed E-state index contributed by atoms with van der Waals surface area (Å²) < 4.78 is 0. The quantitative estimate of drug-likeness (QED) is 0.423. The highest BCUT2D eigenvalue weighted by atomic mass is 16.4. The zero-order valence-corrected chi connectivity index (χ0v) is 11.1. The number of aliphatic carboxylic acids is 3. The Kier molecular flexibility index (Phi) is 10.6. The summed E-state index contributed by atoms with van der Waals surface area (Å²) in [5.74, 6) is -2.75. The first-order valence-electron chi connectivity index (χ1n) is 5.76. The summed E-state index contributed by atoms with van der Waals surface area (Å²) in [6.45, 7) is 3.89. The van der Waals surface area contributed by atoms with E-state index >= 15 is 0 Å². The van der Waals surface area contributed by atoms with Gasteiger partial charge in [-0.05, 0) is 18.8 Å². The van der Waals surface area contributed by atoms with Crippen LogP contribution in [0.3, 0.4) is 0 Å². The summed E-state index contributed by atoms with van der Waals surface area (Å²) in [6.07, 6.45) is 0.327. The number of nitrogens with two attached hydrogens (primary N) is 2. The molecule has 0 bridgehead atoms. The van der Waals surface area contributed by atoms with Crippen LogP contribution < -0.4 is 11.5 Å². The van der Waals surface area contributed by atoms with Gasteiger partial charge in [-0.15, -0.1) is 0 Å². The van der Waals surface area contributed by atoms with Crippen molar-refractivity contribution in [2.75, 3.05) is 0 Å². The molecule has 0 radical (unpaired) electrons. The largest absolute Gasteiger partial charge is 0.481 e. The zero-order chi connectivity index (χ0) is 15.6. The van der Waals surface area contributed by atoms with E-state index in [9.17, 15) is 14.4 Å². The minimum Gasteiger partial charge on any atom is -0.481 e. The Hall–Kier alpha value is -1.67. The molecule has 19 heavy (non-hydrogen) atoms. The Morgan fingerprint density at radius 1 is 0.947 bits per heavy atom. The van der Waals surface area contributed by atoms with Crippen LogP contribution in [0.1, 0.15) is 33.1 Å². The first kappa shape index (κ1) is 19.7. The molecule has 2 atom stereocenters. The van der Waals surface area contributed by atoms with Crippen LogP contribution in [0.5, 0.6) is 0 Å². The van der Waals surface area contributed by atoms with Crippen LogP contribution in [0.4, 0.5) is 0 Å². The van der Waals surface area contributed by atoms with E-state index in [0.29, 0.717) is 12.3 Å². The highest BCUT2D eigenvalue weighted by Gasteiger charge is 2.12. The summed E-state index contributed by atoms with van der Waals surface area (Å²) in [4.78, 5) is 30.0. The fraction of sp³-hybridized carbons (Fsp3) is 0.727. The summed E-state index contributed by atoms with van der Waals surface area (Å²) in [5, 5.41) is 24.6. The third kappa shape index (κ3) is 14.3. The maximum absolute atomic E-state index is 10.1. The van der Waals surface area contributed by atoms with Crippen molar-refractivity contribution in [2.45, 2.75) is 45.2 Å². The average molecular weight is 278 g/mol. The van der Waals surface area contributed by atoms with Gasteiger partial charge in [0.25, 0.3) is 0 Å². The lowest BCUT2D eigenvalue weighted by Gasteiger charge is -2.07. The van der Waals surface area contributed by atoms with Crippen LogP contribution in [0.25, 0.3) is 0 Å². The molecule has 0 amide bonds. The molecule has 0 rings (SSSR count). The van der Waals surface area contributed by atoms with Gasteiger partial charge in [-0.25, -0.2) is 0 Å². The van der Waals surface area contributed by atoms with E-state index in [1.807, 2.05) is 13.8 Å². The van der Waals surface area contributed by atoms with Crippen molar-refractivity contribution in [1.29, 1.82) is 0 Å².